The van der Waals surface area contributed by atoms with Crippen LogP contribution in [0.25, 0.3) is 0 Å². The van der Waals surface area contributed by atoms with E-state index in [1.807, 2.05) is 25.7 Å². The van der Waals surface area contributed by atoms with Gasteiger partial charge in [-0.1, -0.05) is 19.3 Å². The summed E-state index contributed by atoms with van der Waals surface area (Å²) in [4.78, 5) is 28.1. The number of piperazine rings is 1. The number of amides is 2. The lowest BCUT2D eigenvalue weighted by atomic mass is 9.96. The SMILES string of the molecule is C=C.CC(C)(C)OC(=O)CN1CCN(C(=O)NC2CCCCC2)CC1.CN(O)I.[HH]. The molecule has 9 heteroatoms. The third-order valence-corrected chi connectivity index (χ3v) is 4.37. The Kier molecular flexibility index (Phi) is 14.5. The predicted octanol–water partition coefficient (Wildman–Crippen LogP) is 3.69. The number of hydrogen-bond donors (Lipinski definition) is 2. The Bertz CT molecular complexity index is 475. The van der Waals surface area contributed by atoms with Gasteiger partial charge in [-0.25, -0.2) is 4.79 Å². The van der Waals surface area contributed by atoms with Crippen LogP contribution < -0.4 is 5.32 Å². The molecule has 2 fully saturated rings. The Labute approximate surface area is 191 Å². The zero-order chi connectivity index (χ0) is 22.4. The number of rotatable bonds is 3. The highest BCUT2D eigenvalue weighted by molar-refractivity contribution is 14.1. The molecular weight excluding hydrogens is 487 g/mol. The van der Waals surface area contributed by atoms with Crippen molar-refractivity contribution in [1.82, 2.24) is 18.4 Å². The van der Waals surface area contributed by atoms with Gasteiger partial charge in [0.25, 0.3) is 0 Å². The molecule has 1 aliphatic carbocycles. The van der Waals surface area contributed by atoms with Crippen molar-refractivity contribution < 1.29 is 21.0 Å². The zero-order valence-corrected chi connectivity index (χ0v) is 20.6. The van der Waals surface area contributed by atoms with E-state index in [-0.39, 0.29) is 13.4 Å². The number of esters is 1. The van der Waals surface area contributed by atoms with Crippen LogP contribution in [-0.2, 0) is 9.53 Å². The van der Waals surface area contributed by atoms with E-state index in [4.69, 9.17) is 9.94 Å². The van der Waals surface area contributed by atoms with Crippen molar-refractivity contribution in [3.05, 3.63) is 13.2 Å². The van der Waals surface area contributed by atoms with E-state index < -0.39 is 5.60 Å². The fourth-order valence-corrected chi connectivity index (χ4v) is 3.18. The molecule has 29 heavy (non-hydrogen) atoms. The Morgan fingerprint density at radius 2 is 1.66 bits per heavy atom. The largest absolute Gasteiger partial charge is 0.459 e. The maximum absolute atomic E-state index is 12.3. The lowest BCUT2D eigenvalue weighted by molar-refractivity contribution is -0.156. The molecule has 172 valence electrons. The van der Waals surface area contributed by atoms with Crippen molar-refractivity contribution in [2.45, 2.75) is 64.5 Å². The van der Waals surface area contributed by atoms with Crippen molar-refractivity contribution >= 4 is 34.9 Å². The predicted molar refractivity (Wildman–Crippen MR) is 126 cm³/mol. The van der Waals surface area contributed by atoms with Gasteiger partial charge in [0.2, 0.25) is 0 Å². The molecule has 2 rings (SSSR count). The van der Waals surface area contributed by atoms with Gasteiger partial charge in [-0.05, 0) is 33.6 Å². The molecule has 0 radical (unpaired) electrons. The molecule has 0 aromatic heterocycles. The first-order valence-electron chi connectivity index (χ1n) is 10.1. The second-order valence-corrected chi connectivity index (χ2v) is 9.48. The average molecular weight is 528 g/mol. The van der Waals surface area contributed by atoms with Gasteiger partial charge in [-0.2, -0.15) is 0 Å². The number of nitrogens with one attached hydrogen (secondary N) is 1. The lowest BCUT2D eigenvalue weighted by Gasteiger charge is -2.35. The molecule has 0 unspecified atom stereocenters. The first-order valence-corrected chi connectivity index (χ1v) is 11.1. The van der Waals surface area contributed by atoms with E-state index in [1.165, 1.54) is 19.3 Å². The van der Waals surface area contributed by atoms with Gasteiger partial charge in [0.05, 0.1) is 6.54 Å². The minimum Gasteiger partial charge on any atom is -0.459 e. The second kappa shape index (κ2) is 15.0. The Morgan fingerprint density at radius 3 is 2.10 bits per heavy atom. The summed E-state index contributed by atoms with van der Waals surface area (Å²) in [6.45, 7) is 14.7. The van der Waals surface area contributed by atoms with E-state index in [0.29, 0.717) is 25.7 Å². The number of hydroxylamine groups is 1. The molecule has 0 atom stereocenters. The third kappa shape index (κ3) is 14.7. The fraction of sp³-hybridized carbons (Fsp3) is 0.800. The molecular formula is C20H41IN4O4. The summed E-state index contributed by atoms with van der Waals surface area (Å²) < 4.78 is 6.31. The smallest absolute Gasteiger partial charge is 0.320 e. The summed E-state index contributed by atoms with van der Waals surface area (Å²) in [5.74, 6) is -0.197. The van der Waals surface area contributed by atoms with E-state index in [9.17, 15) is 9.59 Å². The van der Waals surface area contributed by atoms with Gasteiger partial charge in [-0.3, -0.25) is 9.69 Å². The maximum Gasteiger partial charge on any atom is 0.320 e. The van der Waals surface area contributed by atoms with Gasteiger partial charge in [0, 0.05) is 63.6 Å². The fourth-order valence-electron chi connectivity index (χ4n) is 3.18. The van der Waals surface area contributed by atoms with Crippen LogP contribution in [0.3, 0.4) is 0 Å². The molecule has 0 aromatic rings. The summed E-state index contributed by atoms with van der Waals surface area (Å²) in [7, 11) is 1.54. The van der Waals surface area contributed by atoms with E-state index in [1.54, 1.807) is 29.9 Å². The minimum atomic E-state index is -0.446. The first-order chi connectivity index (χ1) is 13.6. The molecule has 0 aromatic carbocycles. The second-order valence-electron chi connectivity index (χ2n) is 8.08. The van der Waals surface area contributed by atoms with Crippen LogP contribution in [0.4, 0.5) is 4.79 Å². The number of carbonyl (C=O) groups is 2. The molecule has 2 N–H and O–H groups in total. The highest BCUT2D eigenvalue weighted by Gasteiger charge is 2.26. The third-order valence-electron chi connectivity index (χ3n) is 4.37. The molecule has 2 amide bonds. The Hall–Kier alpha value is -0.910. The van der Waals surface area contributed by atoms with Gasteiger partial charge in [-0.15, -0.1) is 16.4 Å². The molecule has 0 bridgehead atoms. The highest BCUT2D eigenvalue weighted by Crippen LogP contribution is 2.17. The van der Waals surface area contributed by atoms with Crippen molar-refractivity contribution in [3.63, 3.8) is 0 Å². The topological polar surface area (TPSA) is 85.4 Å². The van der Waals surface area contributed by atoms with Crippen molar-refractivity contribution in [3.8, 4) is 0 Å². The summed E-state index contributed by atoms with van der Waals surface area (Å²) in [6.07, 6.45) is 5.92. The van der Waals surface area contributed by atoms with Crippen molar-refractivity contribution in [2.24, 2.45) is 0 Å². The lowest BCUT2D eigenvalue weighted by Crippen LogP contribution is -2.54. The van der Waals surface area contributed by atoms with Crippen LogP contribution in [0.2, 0.25) is 0 Å². The van der Waals surface area contributed by atoms with Crippen LogP contribution in [0.1, 0.15) is 54.3 Å². The molecule has 1 saturated heterocycles. The minimum absolute atomic E-state index is 0. The Balaban J connectivity index is 0. The Morgan fingerprint density at radius 1 is 1.17 bits per heavy atom. The summed E-state index contributed by atoms with van der Waals surface area (Å²) in [5, 5.41) is 11.0. The number of nitrogens with zero attached hydrogens (tertiary/aromatic N) is 3. The number of urea groups is 1. The van der Waals surface area contributed by atoms with Gasteiger partial charge < -0.3 is 20.2 Å². The molecule has 1 saturated carbocycles. The van der Waals surface area contributed by atoms with Crippen molar-refractivity contribution in [1.29, 1.82) is 0 Å². The summed E-state index contributed by atoms with van der Waals surface area (Å²) in [6, 6.07) is 0.393. The normalized spacial score (nSPS) is 18.1. The highest BCUT2D eigenvalue weighted by atomic mass is 127. The van der Waals surface area contributed by atoms with Crippen LogP contribution in [-0.4, -0.2) is 81.7 Å². The number of hydrogen-bond acceptors (Lipinski definition) is 6. The van der Waals surface area contributed by atoms with Gasteiger partial charge in [0.15, 0.2) is 0 Å². The standard InChI is InChI=1S/C17H31N3O3.C2H4.CH4INO.H2/c1-17(2,3)23-15(21)13-19-9-11-20(12-10-19)16(22)18-14-7-5-4-6-8-14;1-2;1-3(2)4;/h14H,4-13H2,1-3H3,(H,18,22);1-2H2;4H,1H3;1H. The molecule has 8 nitrogen and oxygen atoms in total. The summed E-state index contributed by atoms with van der Waals surface area (Å²) in [5.41, 5.74) is -0.446. The first kappa shape index (κ1) is 28.1. The van der Waals surface area contributed by atoms with E-state index in [2.05, 4.69) is 23.4 Å². The monoisotopic (exact) mass is 528 g/mol. The quantitative estimate of drug-likeness (QED) is 0.191. The number of carbonyl (C=O) groups excluding carboxylic acids is 2. The zero-order valence-electron chi connectivity index (χ0n) is 18.5. The average Bonchev–Trinajstić information content (AvgIpc) is 2.63. The number of ether oxygens (including phenoxy) is 1. The van der Waals surface area contributed by atoms with Crippen LogP contribution in [0.15, 0.2) is 13.2 Å². The van der Waals surface area contributed by atoms with E-state index in [0.717, 1.165) is 29.2 Å². The van der Waals surface area contributed by atoms with Gasteiger partial charge >= 0.3 is 12.0 Å². The van der Waals surface area contributed by atoms with Crippen molar-refractivity contribution in [2.75, 3.05) is 39.8 Å². The van der Waals surface area contributed by atoms with Crippen LogP contribution >= 0.6 is 22.9 Å². The summed E-state index contributed by atoms with van der Waals surface area (Å²) >= 11 is 1.73. The number of halogens is 1. The van der Waals surface area contributed by atoms with E-state index >= 15 is 0 Å². The molecule has 2 aliphatic rings. The maximum atomic E-state index is 12.3. The van der Waals surface area contributed by atoms with Crippen LogP contribution in [0, 0.1) is 0 Å². The van der Waals surface area contributed by atoms with Gasteiger partial charge in [0.1, 0.15) is 5.60 Å². The molecule has 1 aliphatic heterocycles. The molecule has 1 heterocycles. The van der Waals surface area contributed by atoms with Crippen LogP contribution in [0.5, 0.6) is 0 Å². The molecule has 0 spiro atoms.